The van der Waals surface area contributed by atoms with Gasteiger partial charge in [-0.25, -0.2) is 4.39 Å². The number of halogens is 2. The summed E-state index contributed by atoms with van der Waals surface area (Å²) in [7, 11) is 2.03. The van der Waals surface area contributed by atoms with E-state index in [1.807, 2.05) is 7.05 Å². The quantitative estimate of drug-likeness (QED) is 0.771. The maximum absolute atomic E-state index is 13.7. The number of hydrogen-bond donors (Lipinski definition) is 0. The monoisotopic (exact) mass is 254 g/mol. The Morgan fingerprint density at radius 1 is 1.29 bits per heavy atom. The summed E-state index contributed by atoms with van der Waals surface area (Å²) >= 11 is 0. The molecule has 17 heavy (non-hydrogen) atoms. The lowest BCUT2D eigenvalue weighted by Gasteiger charge is -2.35. The fourth-order valence-corrected chi connectivity index (χ4v) is 2.29. The fraction of sp³-hybridized carbons (Fsp3) is 0.462. The summed E-state index contributed by atoms with van der Waals surface area (Å²) in [5, 5.41) is 9.37. The molecule has 0 atom stereocenters. The first-order valence-corrected chi connectivity index (χ1v) is 5.53. The van der Waals surface area contributed by atoms with Crippen LogP contribution in [-0.2, 0) is 5.41 Å². The van der Waals surface area contributed by atoms with Crippen LogP contribution in [0.25, 0.3) is 0 Å². The molecule has 1 aromatic rings. The Balaban J connectivity index is 0.00000144. The van der Waals surface area contributed by atoms with Crippen LogP contribution in [0.2, 0.25) is 0 Å². The summed E-state index contributed by atoms with van der Waals surface area (Å²) in [6.07, 6.45) is 1.42. The highest BCUT2D eigenvalue weighted by Gasteiger charge is 2.37. The molecule has 0 N–H and O–H groups in total. The predicted molar refractivity (Wildman–Crippen MR) is 67.7 cm³/mol. The summed E-state index contributed by atoms with van der Waals surface area (Å²) in [4.78, 5) is 2.18. The number of rotatable bonds is 1. The molecule has 2 rings (SSSR count). The summed E-state index contributed by atoms with van der Waals surface area (Å²) in [5.74, 6) is -0.256. The molecule has 0 unspecified atom stereocenters. The first kappa shape index (κ1) is 14.0. The third-order valence-electron chi connectivity index (χ3n) is 3.44. The maximum atomic E-state index is 13.7. The molecule has 1 heterocycles. The van der Waals surface area contributed by atoms with Crippen molar-refractivity contribution < 1.29 is 4.39 Å². The number of likely N-dealkylation sites (tertiary alicyclic amines) is 1. The van der Waals surface area contributed by atoms with Crippen molar-refractivity contribution in [1.29, 1.82) is 5.26 Å². The Morgan fingerprint density at radius 2 is 1.88 bits per heavy atom. The Morgan fingerprint density at radius 3 is 2.41 bits per heavy atom. The highest BCUT2D eigenvalue weighted by atomic mass is 35.5. The number of hydrogen-bond acceptors (Lipinski definition) is 2. The largest absolute Gasteiger partial charge is 0.306 e. The van der Waals surface area contributed by atoms with E-state index in [4.69, 9.17) is 0 Å². The van der Waals surface area contributed by atoms with Crippen LogP contribution in [0.15, 0.2) is 24.3 Å². The third kappa shape index (κ3) is 2.59. The van der Waals surface area contributed by atoms with E-state index in [0.29, 0.717) is 18.4 Å². The van der Waals surface area contributed by atoms with Gasteiger partial charge in [0, 0.05) is 5.56 Å². The average molecular weight is 255 g/mol. The first-order chi connectivity index (χ1) is 7.68. The van der Waals surface area contributed by atoms with Gasteiger partial charge in [0.15, 0.2) is 0 Å². The lowest BCUT2D eigenvalue weighted by Crippen LogP contribution is -2.40. The van der Waals surface area contributed by atoms with E-state index >= 15 is 0 Å². The van der Waals surface area contributed by atoms with E-state index in [9.17, 15) is 9.65 Å². The molecular formula is C13H16ClFN2. The van der Waals surface area contributed by atoms with Gasteiger partial charge in [-0.2, -0.15) is 5.26 Å². The molecular weight excluding hydrogens is 239 g/mol. The van der Waals surface area contributed by atoms with Crippen molar-refractivity contribution in [3.05, 3.63) is 35.6 Å². The van der Waals surface area contributed by atoms with E-state index in [1.54, 1.807) is 18.2 Å². The second kappa shape index (κ2) is 5.48. The van der Waals surface area contributed by atoms with Crippen molar-refractivity contribution in [2.45, 2.75) is 18.3 Å². The second-order valence-electron chi connectivity index (χ2n) is 4.48. The minimum atomic E-state index is -0.627. The van der Waals surface area contributed by atoms with E-state index in [-0.39, 0.29) is 18.2 Å². The molecule has 0 saturated carbocycles. The van der Waals surface area contributed by atoms with Crippen molar-refractivity contribution in [2.75, 3.05) is 20.1 Å². The Hall–Kier alpha value is -1.11. The molecule has 92 valence electrons. The van der Waals surface area contributed by atoms with E-state index in [1.165, 1.54) is 6.07 Å². The van der Waals surface area contributed by atoms with Gasteiger partial charge in [0.1, 0.15) is 5.82 Å². The van der Waals surface area contributed by atoms with Crippen LogP contribution in [0.1, 0.15) is 18.4 Å². The summed E-state index contributed by atoms with van der Waals surface area (Å²) in [6.45, 7) is 1.70. The summed E-state index contributed by atoms with van der Waals surface area (Å²) in [6, 6.07) is 8.97. The Kier molecular flexibility index (Phi) is 4.50. The lowest BCUT2D eigenvalue weighted by molar-refractivity contribution is 0.219. The molecule has 0 bridgehead atoms. The topological polar surface area (TPSA) is 27.0 Å². The first-order valence-electron chi connectivity index (χ1n) is 5.53. The SMILES string of the molecule is CN1CCC(C#N)(c2ccccc2F)CC1.Cl. The Labute approximate surface area is 107 Å². The molecule has 1 saturated heterocycles. The van der Waals surface area contributed by atoms with Crippen LogP contribution in [0.4, 0.5) is 4.39 Å². The van der Waals surface area contributed by atoms with Gasteiger partial charge in [-0.05, 0) is 39.0 Å². The molecule has 0 radical (unpaired) electrons. The van der Waals surface area contributed by atoms with Gasteiger partial charge in [0.2, 0.25) is 0 Å². The molecule has 1 aliphatic heterocycles. The lowest BCUT2D eigenvalue weighted by atomic mass is 9.74. The maximum Gasteiger partial charge on any atom is 0.128 e. The van der Waals surface area contributed by atoms with Gasteiger partial charge in [-0.15, -0.1) is 12.4 Å². The number of nitriles is 1. The number of nitrogens with zero attached hydrogens (tertiary/aromatic N) is 2. The van der Waals surface area contributed by atoms with Gasteiger partial charge in [0.05, 0.1) is 11.5 Å². The van der Waals surface area contributed by atoms with Crippen LogP contribution in [0, 0.1) is 17.1 Å². The smallest absolute Gasteiger partial charge is 0.128 e. The van der Waals surface area contributed by atoms with Crippen LogP contribution in [0.5, 0.6) is 0 Å². The second-order valence-corrected chi connectivity index (χ2v) is 4.48. The van der Waals surface area contributed by atoms with Crippen LogP contribution in [-0.4, -0.2) is 25.0 Å². The zero-order valence-electron chi connectivity index (χ0n) is 9.82. The van der Waals surface area contributed by atoms with Crippen molar-refractivity contribution in [3.8, 4) is 6.07 Å². The van der Waals surface area contributed by atoms with Crippen molar-refractivity contribution in [2.24, 2.45) is 0 Å². The van der Waals surface area contributed by atoms with Crippen molar-refractivity contribution in [1.82, 2.24) is 4.90 Å². The third-order valence-corrected chi connectivity index (χ3v) is 3.44. The highest BCUT2D eigenvalue weighted by molar-refractivity contribution is 5.85. The van der Waals surface area contributed by atoms with Gasteiger partial charge >= 0.3 is 0 Å². The number of benzene rings is 1. The molecule has 0 aliphatic carbocycles. The van der Waals surface area contributed by atoms with Crippen LogP contribution in [0.3, 0.4) is 0 Å². The zero-order chi connectivity index (χ0) is 11.6. The molecule has 2 nitrogen and oxygen atoms in total. The van der Waals surface area contributed by atoms with Crippen LogP contribution < -0.4 is 0 Å². The molecule has 4 heteroatoms. The molecule has 0 spiro atoms. The standard InChI is InChI=1S/C13H15FN2.ClH/c1-16-8-6-13(10-15,7-9-16)11-4-2-3-5-12(11)14;/h2-5H,6-9H2,1H3;1H. The minimum absolute atomic E-state index is 0. The molecule has 0 aromatic heterocycles. The van der Waals surface area contributed by atoms with Gasteiger partial charge in [-0.3, -0.25) is 0 Å². The summed E-state index contributed by atoms with van der Waals surface area (Å²) < 4.78 is 13.7. The fourth-order valence-electron chi connectivity index (χ4n) is 2.29. The average Bonchev–Trinajstić information content (AvgIpc) is 2.32. The normalized spacial score (nSPS) is 19.1. The van der Waals surface area contributed by atoms with Crippen molar-refractivity contribution >= 4 is 12.4 Å². The molecule has 0 amide bonds. The van der Waals surface area contributed by atoms with E-state index in [2.05, 4.69) is 11.0 Å². The highest BCUT2D eigenvalue weighted by Crippen LogP contribution is 2.35. The van der Waals surface area contributed by atoms with Gasteiger partial charge in [-0.1, -0.05) is 18.2 Å². The minimum Gasteiger partial charge on any atom is -0.306 e. The van der Waals surface area contributed by atoms with E-state index < -0.39 is 5.41 Å². The van der Waals surface area contributed by atoms with Gasteiger partial charge < -0.3 is 4.90 Å². The van der Waals surface area contributed by atoms with E-state index in [0.717, 1.165) is 13.1 Å². The summed E-state index contributed by atoms with van der Waals surface area (Å²) in [5.41, 5.74) is -0.0664. The predicted octanol–water partition coefficient (Wildman–Crippen LogP) is 2.73. The molecule has 1 fully saturated rings. The zero-order valence-corrected chi connectivity index (χ0v) is 10.6. The van der Waals surface area contributed by atoms with Gasteiger partial charge in [0.25, 0.3) is 0 Å². The van der Waals surface area contributed by atoms with Crippen LogP contribution >= 0.6 is 12.4 Å². The molecule has 1 aliphatic rings. The Bertz CT molecular complexity index is 420. The number of piperidine rings is 1. The van der Waals surface area contributed by atoms with Crippen molar-refractivity contribution in [3.63, 3.8) is 0 Å². The molecule has 1 aromatic carbocycles.